The Balaban J connectivity index is 1.60. The number of thioether (sulfide) groups is 1. The number of carbonyl (C=O) groups is 1. The van der Waals surface area contributed by atoms with Crippen LogP contribution in [0.25, 0.3) is 17.0 Å². The molecule has 5 rings (SSSR count). The molecule has 0 N–H and O–H groups in total. The van der Waals surface area contributed by atoms with E-state index >= 15 is 0 Å². The molecular formula is C29H25N3OS. The van der Waals surface area contributed by atoms with Gasteiger partial charge in [-0.05, 0) is 62.0 Å². The number of aromatic nitrogens is 1. The third-order valence-corrected chi connectivity index (χ3v) is 6.76. The first-order valence-corrected chi connectivity index (χ1v) is 12.0. The molecule has 0 spiro atoms. The van der Waals surface area contributed by atoms with E-state index in [1.807, 2.05) is 86.7 Å². The molecule has 1 amide bonds. The van der Waals surface area contributed by atoms with E-state index in [0.717, 1.165) is 33.4 Å². The summed E-state index contributed by atoms with van der Waals surface area (Å²) in [5.41, 5.74) is 6.08. The van der Waals surface area contributed by atoms with Gasteiger partial charge in [-0.25, -0.2) is 4.99 Å². The number of nitrogens with zero attached hydrogens (tertiary/aromatic N) is 3. The van der Waals surface area contributed by atoms with E-state index in [4.69, 9.17) is 4.99 Å². The van der Waals surface area contributed by atoms with E-state index in [-0.39, 0.29) is 5.91 Å². The van der Waals surface area contributed by atoms with Gasteiger partial charge in [0.2, 0.25) is 0 Å². The second-order valence-electron chi connectivity index (χ2n) is 8.36. The number of benzene rings is 3. The normalized spacial score (nSPS) is 16.2. The van der Waals surface area contributed by atoms with Crippen LogP contribution in [0.3, 0.4) is 0 Å². The van der Waals surface area contributed by atoms with Crippen molar-refractivity contribution in [2.24, 2.45) is 4.99 Å². The topological polar surface area (TPSA) is 37.6 Å². The molecule has 34 heavy (non-hydrogen) atoms. The molecule has 0 aliphatic carbocycles. The Morgan fingerprint density at radius 2 is 1.62 bits per heavy atom. The first-order chi connectivity index (χ1) is 16.5. The molecule has 5 heteroatoms. The third-order valence-electron chi connectivity index (χ3n) is 5.79. The van der Waals surface area contributed by atoms with E-state index in [1.165, 1.54) is 17.3 Å². The number of hydrogen-bond donors (Lipinski definition) is 0. The maximum Gasteiger partial charge on any atom is 0.271 e. The summed E-state index contributed by atoms with van der Waals surface area (Å²) in [5, 5.41) is 1.76. The maximum atomic E-state index is 13.7. The lowest BCUT2D eigenvalue weighted by Crippen LogP contribution is -2.28. The average molecular weight is 464 g/mol. The lowest BCUT2D eigenvalue weighted by molar-refractivity contribution is -0.113. The average Bonchev–Trinajstić information content (AvgIpc) is 3.34. The van der Waals surface area contributed by atoms with E-state index < -0.39 is 0 Å². The number of fused-ring (bicyclic) bond motifs is 1. The van der Waals surface area contributed by atoms with Crippen molar-refractivity contribution in [1.82, 2.24) is 4.57 Å². The number of amides is 1. The van der Waals surface area contributed by atoms with E-state index in [0.29, 0.717) is 16.6 Å². The van der Waals surface area contributed by atoms with Crippen molar-refractivity contribution < 1.29 is 4.79 Å². The summed E-state index contributed by atoms with van der Waals surface area (Å²) in [6.45, 7) is 8.67. The van der Waals surface area contributed by atoms with Crippen molar-refractivity contribution in [3.8, 4) is 0 Å². The van der Waals surface area contributed by atoms with Crippen LogP contribution in [-0.4, -0.2) is 15.6 Å². The Morgan fingerprint density at radius 1 is 0.941 bits per heavy atom. The SMILES string of the molecule is C=CCn1cc(/C=C2/SC(=Nc3ccc(C)cc3)N(c3ccc(C)cc3)C2=O)c2ccccc21. The molecule has 4 aromatic rings. The number of anilines is 1. The summed E-state index contributed by atoms with van der Waals surface area (Å²) < 4.78 is 2.15. The number of hydrogen-bond acceptors (Lipinski definition) is 3. The van der Waals surface area contributed by atoms with Crippen molar-refractivity contribution >= 4 is 51.2 Å². The largest absolute Gasteiger partial charge is 0.343 e. The van der Waals surface area contributed by atoms with Crippen molar-refractivity contribution in [2.75, 3.05) is 4.90 Å². The monoisotopic (exact) mass is 463 g/mol. The van der Waals surface area contributed by atoms with Gasteiger partial charge in [0.15, 0.2) is 5.17 Å². The molecule has 1 aliphatic heterocycles. The van der Waals surface area contributed by atoms with Crippen LogP contribution < -0.4 is 4.90 Å². The van der Waals surface area contributed by atoms with Crippen LogP contribution in [0.2, 0.25) is 0 Å². The minimum absolute atomic E-state index is 0.0692. The fraction of sp³-hybridized carbons (Fsp3) is 0.103. The Kier molecular flexibility index (Phi) is 5.95. The number of amidine groups is 1. The molecule has 3 aromatic carbocycles. The highest BCUT2D eigenvalue weighted by molar-refractivity contribution is 8.19. The minimum atomic E-state index is -0.0692. The van der Waals surface area contributed by atoms with E-state index in [9.17, 15) is 4.79 Å². The number of carbonyl (C=O) groups excluding carboxylic acids is 1. The molecule has 0 bridgehead atoms. The zero-order valence-corrected chi connectivity index (χ0v) is 20.0. The number of allylic oxidation sites excluding steroid dienone is 1. The molecule has 0 radical (unpaired) electrons. The van der Waals surface area contributed by atoms with Crippen LogP contribution in [0.1, 0.15) is 16.7 Å². The fourth-order valence-corrected chi connectivity index (χ4v) is 5.01. The number of aliphatic imine (C=N–C) groups is 1. The lowest BCUT2D eigenvalue weighted by atomic mass is 10.1. The molecule has 4 nitrogen and oxygen atoms in total. The Morgan fingerprint density at radius 3 is 2.32 bits per heavy atom. The number of aryl methyl sites for hydroxylation is 2. The van der Waals surface area contributed by atoms with Gasteiger partial charge in [0.25, 0.3) is 5.91 Å². The molecule has 0 saturated carbocycles. The quantitative estimate of drug-likeness (QED) is 0.231. The molecule has 1 aliphatic rings. The van der Waals surface area contributed by atoms with Crippen molar-refractivity contribution in [3.63, 3.8) is 0 Å². The first-order valence-electron chi connectivity index (χ1n) is 11.2. The second kappa shape index (κ2) is 9.20. The standard InChI is InChI=1S/C29H25N3OS/c1-4-17-31-19-22(25-7-5-6-8-26(25)31)18-27-28(33)32(24-15-11-21(3)12-16-24)29(34-27)30-23-13-9-20(2)10-14-23/h4-16,18-19H,1,17H2,2-3H3/b27-18+,30-29?. The lowest BCUT2D eigenvalue weighted by Gasteiger charge is -2.16. The fourth-order valence-electron chi connectivity index (χ4n) is 4.02. The Bertz CT molecular complexity index is 1440. The van der Waals surface area contributed by atoms with E-state index in [2.05, 4.69) is 29.5 Å². The summed E-state index contributed by atoms with van der Waals surface area (Å²) in [6, 6.07) is 24.2. The summed E-state index contributed by atoms with van der Waals surface area (Å²) in [5.74, 6) is -0.0692. The summed E-state index contributed by atoms with van der Waals surface area (Å²) in [6.07, 6.45) is 5.94. The van der Waals surface area contributed by atoms with Crippen LogP contribution in [0.4, 0.5) is 11.4 Å². The molecular weight excluding hydrogens is 438 g/mol. The minimum Gasteiger partial charge on any atom is -0.343 e. The van der Waals surface area contributed by atoms with Gasteiger partial charge in [-0.15, -0.1) is 6.58 Å². The predicted molar refractivity (Wildman–Crippen MR) is 145 cm³/mol. The number of para-hydroxylation sites is 1. The van der Waals surface area contributed by atoms with Gasteiger partial charge in [-0.3, -0.25) is 9.69 Å². The molecule has 0 atom stereocenters. The molecule has 1 aromatic heterocycles. The Hall–Kier alpha value is -3.83. The van der Waals surface area contributed by atoms with Gasteiger partial charge in [-0.2, -0.15) is 0 Å². The van der Waals surface area contributed by atoms with Crippen molar-refractivity contribution in [2.45, 2.75) is 20.4 Å². The van der Waals surface area contributed by atoms with Crippen molar-refractivity contribution in [3.05, 3.63) is 113 Å². The zero-order valence-electron chi connectivity index (χ0n) is 19.2. The number of rotatable bonds is 5. The van der Waals surface area contributed by atoms with E-state index in [1.54, 1.807) is 4.90 Å². The van der Waals surface area contributed by atoms with Gasteiger partial charge in [0.1, 0.15) is 0 Å². The molecule has 1 fully saturated rings. The highest BCUT2D eigenvalue weighted by atomic mass is 32.2. The van der Waals surface area contributed by atoms with Crippen molar-refractivity contribution in [1.29, 1.82) is 0 Å². The van der Waals surface area contributed by atoms with Crippen LogP contribution in [0.5, 0.6) is 0 Å². The van der Waals surface area contributed by atoms with Crippen LogP contribution in [-0.2, 0) is 11.3 Å². The summed E-state index contributed by atoms with van der Waals surface area (Å²) >= 11 is 1.41. The van der Waals surface area contributed by atoms with Gasteiger partial charge in [0, 0.05) is 29.2 Å². The first kappa shape index (κ1) is 22.0. The molecule has 168 valence electrons. The van der Waals surface area contributed by atoms with Crippen LogP contribution in [0.15, 0.2) is 102 Å². The summed E-state index contributed by atoms with van der Waals surface area (Å²) in [7, 11) is 0. The molecule has 0 unspecified atom stereocenters. The highest BCUT2D eigenvalue weighted by Crippen LogP contribution is 2.38. The highest BCUT2D eigenvalue weighted by Gasteiger charge is 2.35. The smallest absolute Gasteiger partial charge is 0.271 e. The molecule has 2 heterocycles. The maximum absolute atomic E-state index is 13.7. The Labute approximate surface area is 203 Å². The van der Waals surface area contributed by atoms with Gasteiger partial charge < -0.3 is 4.57 Å². The summed E-state index contributed by atoms with van der Waals surface area (Å²) in [4.78, 5) is 20.8. The van der Waals surface area contributed by atoms with Crippen LogP contribution in [0, 0.1) is 13.8 Å². The van der Waals surface area contributed by atoms with Gasteiger partial charge >= 0.3 is 0 Å². The third kappa shape index (κ3) is 4.22. The predicted octanol–water partition coefficient (Wildman–Crippen LogP) is 7.25. The van der Waals surface area contributed by atoms with Gasteiger partial charge in [-0.1, -0.05) is 59.7 Å². The van der Waals surface area contributed by atoms with Crippen LogP contribution >= 0.6 is 11.8 Å². The second-order valence-corrected chi connectivity index (χ2v) is 9.37. The molecule has 1 saturated heterocycles. The van der Waals surface area contributed by atoms with Gasteiger partial charge in [0.05, 0.1) is 16.3 Å². The zero-order chi connectivity index (χ0) is 23.7.